The summed E-state index contributed by atoms with van der Waals surface area (Å²) in [5.74, 6) is 1.35. The predicted molar refractivity (Wildman–Crippen MR) is 116 cm³/mol. The van der Waals surface area contributed by atoms with Gasteiger partial charge in [0, 0.05) is 31.5 Å². The van der Waals surface area contributed by atoms with Crippen molar-refractivity contribution in [3.05, 3.63) is 66.2 Å². The monoisotopic (exact) mass is 406 g/mol. The normalized spacial score (nSPS) is 16.6. The minimum Gasteiger partial charge on any atom is -0.385 e. The highest BCUT2D eigenvalue weighted by Gasteiger charge is 2.40. The maximum absolute atomic E-state index is 5.59. The molecule has 1 aliphatic rings. The highest BCUT2D eigenvalue weighted by atomic mass is 16.5. The third-order valence-corrected chi connectivity index (χ3v) is 6.19. The molecule has 158 valence electrons. The molecule has 0 radical (unpaired) electrons. The van der Waals surface area contributed by atoms with Crippen molar-refractivity contribution < 1.29 is 9.26 Å². The van der Waals surface area contributed by atoms with E-state index in [0.717, 1.165) is 56.7 Å². The maximum Gasteiger partial charge on any atom is 0.259 e. The van der Waals surface area contributed by atoms with Gasteiger partial charge in [-0.05, 0) is 69.4 Å². The number of pyridine rings is 1. The predicted octanol–water partition coefficient (Wildman–Crippen LogP) is 4.13. The van der Waals surface area contributed by atoms with Gasteiger partial charge in [0.2, 0.25) is 0 Å². The van der Waals surface area contributed by atoms with Crippen LogP contribution in [0.2, 0.25) is 0 Å². The molecule has 6 heteroatoms. The molecule has 1 aliphatic heterocycles. The Labute approximate surface area is 178 Å². The van der Waals surface area contributed by atoms with E-state index in [1.165, 1.54) is 12.0 Å². The Balaban J connectivity index is 1.38. The van der Waals surface area contributed by atoms with E-state index in [4.69, 9.17) is 14.2 Å². The molecule has 6 nitrogen and oxygen atoms in total. The second-order valence-electron chi connectivity index (χ2n) is 8.12. The fourth-order valence-electron chi connectivity index (χ4n) is 4.28. The zero-order chi connectivity index (χ0) is 20.7. The summed E-state index contributed by atoms with van der Waals surface area (Å²) in [5, 5.41) is 4.38. The largest absolute Gasteiger partial charge is 0.385 e. The molecule has 0 saturated carbocycles. The summed E-state index contributed by atoms with van der Waals surface area (Å²) in [6, 6.07) is 14.6. The number of benzene rings is 1. The maximum atomic E-state index is 5.59. The van der Waals surface area contributed by atoms with Crippen LogP contribution in [0.5, 0.6) is 0 Å². The van der Waals surface area contributed by atoms with Gasteiger partial charge in [0.25, 0.3) is 5.89 Å². The first-order chi connectivity index (χ1) is 14.8. The van der Waals surface area contributed by atoms with Gasteiger partial charge >= 0.3 is 0 Å². The van der Waals surface area contributed by atoms with Gasteiger partial charge < -0.3 is 14.2 Å². The molecule has 0 bridgehead atoms. The number of nitrogens with zero attached hydrogens (tertiary/aromatic N) is 4. The Morgan fingerprint density at radius 2 is 1.93 bits per heavy atom. The number of methoxy groups -OCH3 is 1. The van der Waals surface area contributed by atoms with E-state index in [0.29, 0.717) is 12.5 Å². The molecule has 1 fully saturated rings. The second-order valence-corrected chi connectivity index (χ2v) is 8.12. The molecule has 3 aromatic rings. The van der Waals surface area contributed by atoms with E-state index in [-0.39, 0.29) is 5.41 Å². The molecular formula is C24H30N4O2. The third kappa shape index (κ3) is 4.94. The molecular weight excluding hydrogens is 376 g/mol. The molecule has 1 aromatic carbocycles. The average molecular weight is 407 g/mol. The van der Waals surface area contributed by atoms with Gasteiger partial charge in [-0.15, -0.1) is 0 Å². The molecule has 2 aromatic heterocycles. The lowest BCUT2D eigenvalue weighted by molar-refractivity contribution is 0.106. The summed E-state index contributed by atoms with van der Waals surface area (Å²) < 4.78 is 11.0. The molecule has 0 amide bonds. The number of hydrogen-bond acceptors (Lipinski definition) is 6. The quantitative estimate of drug-likeness (QED) is 0.532. The van der Waals surface area contributed by atoms with Gasteiger partial charge in [0.1, 0.15) is 0 Å². The first kappa shape index (κ1) is 20.7. The van der Waals surface area contributed by atoms with Gasteiger partial charge in [-0.2, -0.15) is 4.98 Å². The van der Waals surface area contributed by atoms with E-state index in [1.807, 2.05) is 12.1 Å². The van der Waals surface area contributed by atoms with Gasteiger partial charge in [0.15, 0.2) is 5.82 Å². The van der Waals surface area contributed by atoms with Crippen LogP contribution in [0.3, 0.4) is 0 Å². The van der Waals surface area contributed by atoms with Crippen LogP contribution < -0.4 is 0 Å². The van der Waals surface area contributed by atoms with Gasteiger partial charge in [-0.25, -0.2) is 0 Å². The van der Waals surface area contributed by atoms with Crippen molar-refractivity contribution >= 4 is 0 Å². The Bertz CT molecular complexity index is 890. The van der Waals surface area contributed by atoms with Crippen molar-refractivity contribution in [2.45, 2.75) is 37.5 Å². The van der Waals surface area contributed by atoms with Crippen molar-refractivity contribution in [3.8, 4) is 11.5 Å². The van der Waals surface area contributed by atoms with Crippen LogP contribution in [0, 0.1) is 0 Å². The molecule has 0 aliphatic carbocycles. The van der Waals surface area contributed by atoms with Gasteiger partial charge in [-0.3, -0.25) is 4.98 Å². The van der Waals surface area contributed by atoms with Crippen molar-refractivity contribution in [2.24, 2.45) is 0 Å². The van der Waals surface area contributed by atoms with Crippen molar-refractivity contribution in [1.29, 1.82) is 0 Å². The molecule has 0 unspecified atom stereocenters. The molecule has 0 N–H and O–H groups in total. The summed E-state index contributed by atoms with van der Waals surface area (Å²) in [7, 11) is 1.75. The fraction of sp³-hybridized carbons (Fsp3) is 0.458. The average Bonchev–Trinajstić information content (AvgIpc) is 3.31. The summed E-state index contributed by atoms with van der Waals surface area (Å²) in [4.78, 5) is 11.5. The SMILES string of the molecule is COCCC1(c2noc(-c3cccnc3)n2)CCN(CCCc2ccccc2)CC1. The summed E-state index contributed by atoms with van der Waals surface area (Å²) in [6.45, 7) is 3.93. The van der Waals surface area contributed by atoms with E-state index in [2.05, 4.69) is 45.4 Å². The Morgan fingerprint density at radius 3 is 2.67 bits per heavy atom. The second kappa shape index (κ2) is 9.96. The summed E-state index contributed by atoms with van der Waals surface area (Å²) in [5.41, 5.74) is 2.19. The molecule has 1 saturated heterocycles. The smallest absolute Gasteiger partial charge is 0.259 e. The highest BCUT2D eigenvalue weighted by Crippen LogP contribution is 2.38. The minimum absolute atomic E-state index is 0.0874. The lowest BCUT2D eigenvalue weighted by Gasteiger charge is -2.39. The summed E-state index contributed by atoms with van der Waals surface area (Å²) in [6.07, 6.45) is 8.77. The Kier molecular flexibility index (Phi) is 6.87. The number of hydrogen-bond donors (Lipinski definition) is 0. The zero-order valence-electron chi connectivity index (χ0n) is 17.7. The fourth-order valence-corrected chi connectivity index (χ4v) is 4.28. The van der Waals surface area contributed by atoms with Crippen LogP contribution in [-0.2, 0) is 16.6 Å². The van der Waals surface area contributed by atoms with Crippen LogP contribution in [0.4, 0.5) is 0 Å². The minimum atomic E-state index is -0.0874. The van der Waals surface area contributed by atoms with Gasteiger partial charge in [-0.1, -0.05) is 35.5 Å². The van der Waals surface area contributed by atoms with Crippen LogP contribution >= 0.6 is 0 Å². The van der Waals surface area contributed by atoms with E-state index < -0.39 is 0 Å². The lowest BCUT2D eigenvalue weighted by Crippen LogP contribution is -2.44. The van der Waals surface area contributed by atoms with Crippen LogP contribution in [0.15, 0.2) is 59.4 Å². The van der Waals surface area contributed by atoms with Gasteiger partial charge in [0.05, 0.1) is 5.56 Å². The number of aryl methyl sites for hydroxylation is 1. The topological polar surface area (TPSA) is 64.3 Å². The van der Waals surface area contributed by atoms with Crippen molar-refractivity contribution in [3.63, 3.8) is 0 Å². The molecule has 0 spiro atoms. The van der Waals surface area contributed by atoms with E-state index in [9.17, 15) is 0 Å². The number of likely N-dealkylation sites (tertiary alicyclic amines) is 1. The van der Waals surface area contributed by atoms with E-state index in [1.54, 1.807) is 19.5 Å². The molecule has 4 rings (SSSR count). The number of rotatable bonds is 9. The molecule has 0 atom stereocenters. The highest BCUT2D eigenvalue weighted by molar-refractivity contribution is 5.50. The van der Waals surface area contributed by atoms with Crippen molar-refractivity contribution in [2.75, 3.05) is 33.4 Å². The van der Waals surface area contributed by atoms with Crippen LogP contribution in [0.25, 0.3) is 11.5 Å². The number of aromatic nitrogens is 3. The number of ether oxygens (including phenoxy) is 1. The van der Waals surface area contributed by atoms with Crippen LogP contribution in [0.1, 0.15) is 37.1 Å². The first-order valence-electron chi connectivity index (χ1n) is 10.8. The summed E-state index contributed by atoms with van der Waals surface area (Å²) >= 11 is 0. The first-order valence-corrected chi connectivity index (χ1v) is 10.8. The molecule has 30 heavy (non-hydrogen) atoms. The van der Waals surface area contributed by atoms with E-state index >= 15 is 0 Å². The lowest BCUT2D eigenvalue weighted by atomic mass is 9.75. The van der Waals surface area contributed by atoms with Crippen molar-refractivity contribution in [1.82, 2.24) is 20.0 Å². The standard InChI is InChI=1S/C24H30N4O2/c1-29-18-13-24(23-26-22(30-27-23)21-10-5-14-25-19-21)11-16-28(17-12-24)15-6-9-20-7-3-2-4-8-20/h2-5,7-8,10,14,19H,6,9,11-13,15-18H2,1H3. The zero-order valence-corrected chi connectivity index (χ0v) is 17.7. The Morgan fingerprint density at radius 1 is 1.10 bits per heavy atom. The molecule has 3 heterocycles. The Hall–Kier alpha value is -2.57. The third-order valence-electron chi connectivity index (χ3n) is 6.19. The van der Waals surface area contributed by atoms with Crippen LogP contribution in [-0.4, -0.2) is 53.4 Å². The number of piperidine rings is 1.